The second-order valence-corrected chi connectivity index (χ2v) is 5.54. The topological polar surface area (TPSA) is 68.2 Å². The molecule has 0 bridgehead atoms. The smallest absolute Gasteiger partial charge is 0.139 e. The van der Waals surface area contributed by atoms with Crippen molar-refractivity contribution in [2.45, 2.75) is 32.4 Å². The van der Waals surface area contributed by atoms with E-state index < -0.39 is 0 Å². The van der Waals surface area contributed by atoms with E-state index in [1.165, 1.54) is 6.42 Å². The SMILES string of the molecule is Cc1cc([C@H]2CCCN2Cc2cccc3nonc23)no1. The fraction of sp³-hybridized carbons (Fsp3) is 0.400. The molecule has 1 fully saturated rings. The van der Waals surface area contributed by atoms with Gasteiger partial charge in [-0.2, -0.15) is 0 Å². The molecule has 108 valence electrons. The van der Waals surface area contributed by atoms with Gasteiger partial charge in [0.1, 0.15) is 22.5 Å². The summed E-state index contributed by atoms with van der Waals surface area (Å²) < 4.78 is 10.1. The third-order valence-electron chi connectivity index (χ3n) is 4.09. The Kier molecular flexibility index (Phi) is 2.96. The van der Waals surface area contributed by atoms with Gasteiger partial charge in [0.05, 0.1) is 6.04 Å². The number of likely N-dealkylation sites (tertiary alicyclic amines) is 1. The first-order valence-electron chi connectivity index (χ1n) is 7.19. The molecule has 0 radical (unpaired) electrons. The van der Waals surface area contributed by atoms with Crippen LogP contribution in [0.2, 0.25) is 0 Å². The molecular formula is C15H16N4O2. The first-order chi connectivity index (χ1) is 10.3. The van der Waals surface area contributed by atoms with Crippen molar-refractivity contribution < 1.29 is 9.15 Å². The number of aryl methyl sites for hydroxylation is 1. The van der Waals surface area contributed by atoms with Crippen LogP contribution in [-0.2, 0) is 6.54 Å². The molecule has 0 aliphatic carbocycles. The van der Waals surface area contributed by atoms with Crippen LogP contribution < -0.4 is 0 Å². The lowest BCUT2D eigenvalue weighted by molar-refractivity contribution is 0.237. The van der Waals surface area contributed by atoms with Crippen molar-refractivity contribution in [2.24, 2.45) is 0 Å². The maximum absolute atomic E-state index is 5.22. The van der Waals surface area contributed by atoms with E-state index in [4.69, 9.17) is 9.15 Å². The van der Waals surface area contributed by atoms with Crippen molar-refractivity contribution in [3.05, 3.63) is 41.3 Å². The highest BCUT2D eigenvalue weighted by Crippen LogP contribution is 2.33. The quantitative estimate of drug-likeness (QED) is 0.736. The fourth-order valence-corrected chi connectivity index (χ4v) is 3.10. The zero-order valence-electron chi connectivity index (χ0n) is 11.8. The highest BCUT2D eigenvalue weighted by molar-refractivity contribution is 5.76. The second-order valence-electron chi connectivity index (χ2n) is 5.54. The molecule has 1 saturated heterocycles. The van der Waals surface area contributed by atoms with E-state index >= 15 is 0 Å². The monoisotopic (exact) mass is 284 g/mol. The molecule has 6 heteroatoms. The van der Waals surface area contributed by atoms with Crippen LogP contribution in [0.5, 0.6) is 0 Å². The molecule has 0 unspecified atom stereocenters. The van der Waals surface area contributed by atoms with Gasteiger partial charge in [-0.05, 0) is 48.3 Å². The first-order valence-corrected chi connectivity index (χ1v) is 7.19. The van der Waals surface area contributed by atoms with E-state index in [9.17, 15) is 0 Å². The Morgan fingerprint density at radius 1 is 1.29 bits per heavy atom. The summed E-state index contributed by atoms with van der Waals surface area (Å²) in [7, 11) is 0. The van der Waals surface area contributed by atoms with Crippen molar-refractivity contribution in [1.29, 1.82) is 0 Å². The van der Waals surface area contributed by atoms with Gasteiger partial charge in [0.15, 0.2) is 0 Å². The van der Waals surface area contributed by atoms with Gasteiger partial charge in [-0.15, -0.1) is 0 Å². The maximum Gasteiger partial charge on any atom is 0.139 e. The summed E-state index contributed by atoms with van der Waals surface area (Å²) >= 11 is 0. The molecule has 0 amide bonds. The number of benzene rings is 1. The van der Waals surface area contributed by atoms with Crippen molar-refractivity contribution in [2.75, 3.05) is 6.54 Å². The lowest BCUT2D eigenvalue weighted by Gasteiger charge is -2.22. The number of hydrogen-bond donors (Lipinski definition) is 0. The minimum Gasteiger partial charge on any atom is -0.361 e. The van der Waals surface area contributed by atoms with Gasteiger partial charge in [-0.1, -0.05) is 17.3 Å². The predicted octanol–water partition coefficient (Wildman–Crippen LogP) is 2.86. The molecule has 1 aliphatic heterocycles. The molecule has 0 N–H and O–H groups in total. The van der Waals surface area contributed by atoms with Crippen molar-refractivity contribution in [3.63, 3.8) is 0 Å². The van der Waals surface area contributed by atoms with Crippen molar-refractivity contribution in [3.8, 4) is 0 Å². The normalized spacial score (nSPS) is 19.6. The summed E-state index contributed by atoms with van der Waals surface area (Å²) in [6.07, 6.45) is 2.28. The molecule has 4 rings (SSSR count). The largest absolute Gasteiger partial charge is 0.361 e. The molecule has 0 spiro atoms. The minimum atomic E-state index is 0.317. The van der Waals surface area contributed by atoms with Crippen LogP contribution in [0.1, 0.15) is 35.9 Å². The van der Waals surface area contributed by atoms with Crippen LogP contribution in [0.15, 0.2) is 33.4 Å². The Balaban J connectivity index is 1.62. The zero-order chi connectivity index (χ0) is 14.2. The van der Waals surface area contributed by atoms with Crippen LogP contribution in [0.25, 0.3) is 11.0 Å². The Labute approximate surface area is 121 Å². The molecule has 21 heavy (non-hydrogen) atoms. The Hall–Kier alpha value is -2.21. The van der Waals surface area contributed by atoms with E-state index in [0.29, 0.717) is 6.04 Å². The van der Waals surface area contributed by atoms with Crippen molar-refractivity contribution in [1.82, 2.24) is 20.4 Å². The fourth-order valence-electron chi connectivity index (χ4n) is 3.10. The summed E-state index contributed by atoms with van der Waals surface area (Å²) in [6, 6.07) is 8.33. The molecule has 0 saturated carbocycles. The number of nitrogens with zero attached hydrogens (tertiary/aromatic N) is 4. The van der Waals surface area contributed by atoms with Crippen LogP contribution >= 0.6 is 0 Å². The number of aromatic nitrogens is 3. The highest BCUT2D eigenvalue weighted by atomic mass is 16.6. The average Bonchev–Trinajstić information content (AvgIpc) is 3.18. The second kappa shape index (κ2) is 4.96. The lowest BCUT2D eigenvalue weighted by atomic mass is 10.1. The van der Waals surface area contributed by atoms with E-state index in [2.05, 4.69) is 26.4 Å². The van der Waals surface area contributed by atoms with Gasteiger partial charge in [0.2, 0.25) is 0 Å². The highest BCUT2D eigenvalue weighted by Gasteiger charge is 2.29. The number of hydrogen-bond acceptors (Lipinski definition) is 6. The van der Waals surface area contributed by atoms with Gasteiger partial charge >= 0.3 is 0 Å². The minimum absolute atomic E-state index is 0.317. The molecule has 2 aromatic heterocycles. The Bertz CT molecular complexity index is 764. The van der Waals surface area contributed by atoms with Gasteiger partial charge in [0, 0.05) is 12.6 Å². The third kappa shape index (κ3) is 2.21. The van der Waals surface area contributed by atoms with Crippen LogP contribution in [0.3, 0.4) is 0 Å². The predicted molar refractivity (Wildman–Crippen MR) is 75.4 cm³/mol. The van der Waals surface area contributed by atoms with Crippen LogP contribution in [0, 0.1) is 6.92 Å². The van der Waals surface area contributed by atoms with E-state index in [0.717, 1.165) is 47.6 Å². The number of fused-ring (bicyclic) bond motifs is 1. The van der Waals surface area contributed by atoms with E-state index in [-0.39, 0.29) is 0 Å². The van der Waals surface area contributed by atoms with Gasteiger partial charge in [-0.3, -0.25) is 4.90 Å². The number of rotatable bonds is 3. The summed E-state index contributed by atoms with van der Waals surface area (Å²) in [6.45, 7) is 3.80. The summed E-state index contributed by atoms with van der Waals surface area (Å²) in [4.78, 5) is 2.42. The Morgan fingerprint density at radius 2 is 2.24 bits per heavy atom. The first kappa shape index (κ1) is 12.5. The average molecular weight is 284 g/mol. The Morgan fingerprint density at radius 3 is 3.10 bits per heavy atom. The van der Waals surface area contributed by atoms with E-state index in [1.807, 2.05) is 25.1 Å². The van der Waals surface area contributed by atoms with Crippen LogP contribution in [0.4, 0.5) is 0 Å². The molecule has 1 aliphatic rings. The lowest BCUT2D eigenvalue weighted by Crippen LogP contribution is -2.23. The van der Waals surface area contributed by atoms with Gasteiger partial charge in [-0.25, -0.2) is 4.63 Å². The summed E-state index contributed by atoms with van der Waals surface area (Å²) in [5.74, 6) is 0.861. The molecule has 1 aromatic carbocycles. The van der Waals surface area contributed by atoms with Gasteiger partial charge < -0.3 is 4.52 Å². The molecular weight excluding hydrogens is 268 g/mol. The molecule has 3 aromatic rings. The standard InChI is InChI=1S/C15H16N4O2/c1-10-8-13(16-20-10)14-6-3-7-19(14)9-11-4-2-5-12-15(11)18-21-17-12/h2,4-5,8,14H,3,6-7,9H2,1H3/t14-/m1/s1. The van der Waals surface area contributed by atoms with E-state index in [1.54, 1.807) is 0 Å². The van der Waals surface area contributed by atoms with Crippen molar-refractivity contribution >= 4 is 11.0 Å². The summed E-state index contributed by atoms with van der Waals surface area (Å²) in [5, 5.41) is 12.1. The maximum atomic E-state index is 5.22. The zero-order valence-corrected chi connectivity index (χ0v) is 11.8. The third-order valence-corrected chi connectivity index (χ3v) is 4.09. The molecule has 6 nitrogen and oxygen atoms in total. The molecule has 3 heterocycles. The van der Waals surface area contributed by atoms with Crippen LogP contribution in [-0.4, -0.2) is 26.9 Å². The summed E-state index contributed by atoms with van der Waals surface area (Å²) in [5.41, 5.74) is 3.82. The molecule has 1 atom stereocenters. The van der Waals surface area contributed by atoms with Gasteiger partial charge in [0.25, 0.3) is 0 Å².